The molecule has 3 heteroatoms. The molecular weight excluding hydrogens is 171 g/mol. The maximum Gasteiger partial charge on any atom is 0.344 e. The van der Waals surface area contributed by atoms with Crippen LogP contribution in [0.25, 0.3) is 0 Å². The van der Waals surface area contributed by atoms with Gasteiger partial charge in [-0.2, -0.15) is 0 Å². The van der Waals surface area contributed by atoms with Crippen LogP contribution in [0.5, 0.6) is 0 Å². The molecule has 2 nitrogen and oxygen atoms in total. The van der Waals surface area contributed by atoms with E-state index < -0.39 is 11.6 Å². The lowest BCUT2D eigenvalue weighted by Gasteiger charge is -2.20. The van der Waals surface area contributed by atoms with E-state index in [2.05, 4.69) is 11.3 Å². The normalized spacial score (nSPS) is 14.7. The fraction of sp³-hybridized carbons (Fsp3) is 0.700. The van der Waals surface area contributed by atoms with Gasteiger partial charge in [-0.25, -0.2) is 9.18 Å². The summed E-state index contributed by atoms with van der Waals surface area (Å²) < 4.78 is 18.5. The molecule has 0 aliphatic rings. The molecule has 0 amide bonds. The van der Waals surface area contributed by atoms with Crippen molar-refractivity contribution in [2.24, 2.45) is 0 Å². The van der Waals surface area contributed by atoms with E-state index in [4.69, 9.17) is 0 Å². The first-order chi connectivity index (χ1) is 6.10. The third-order valence-corrected chi connectivity index (χ3v) is 1.76. The summed E-state index contributed by atoms with van der Waals surface area (Å²) in [7, 11) is 0. The van der Waals surface area contributed by atoms with Gasteiger partial charge in [0.05, 0.1) is 6.61 Å². The number of alkyl halides is 1. The van der Waals surface area contributed by atoms with Crippen LogP contribution in [0, 0.1) is 0 Å². The van der Waals surface area contributed by atoms with Gasteiger partial charge in [-0.1, -0.05) is 19.4 Å². The molecule has 0 saturated heterocycles. The van der Waals surface area contributed by atoms with E-state index in [1.165, 1.54) is 6.08 Å². The average Bonchev–Trinajstić information content (AvgIpc) is 2.05. The molecule has 0 saturated carbocycles. The van der Waals surface area contributed by atoms with Crippen LogP contribution >= 0.6 is 0 Å². The summed E-state index contributed by atoms with van der Waals surface area (Å²) in [6.07, 6.45) is 2.24. The highest BCUT2D eigenvalue weighted by Crippen LogP contribution is 2.24. The third-order valence-electron chi connectivity index (χ3n) is 1.76. The van der Waals surface area contributed by atoms with Gasteiger partial charge in [-0.3, -0.25) is 0 Å². The zero-order valence-electron chi connectivity index (χ0n) is 8.31. The van der Waals surface area contributed by atoms with Crippen LogP contribution in [0.3, 0.4) is 0 Å². The minimum atomic E-state index is -1.87. The van der Waals surface area contributed by atoms with Gasteiger partial charge in [0.15, 0.2) is 0 Å². The number of esters is 1. The van der Waals surface area contributed by atoms with E-state index in [0.29, 0.717) is 6.42 Å². The number of hydrogen-bond acceptors (Lipinski definition) is 2. The van der Waals surface area contributed by atoms with Crippen molar-refractivity contribution in [3.8, 4) is 0 Å². The highest BCUT2D eigenvalue weighted by atomic mass is 19.1. The van der Waals surface area contributed by atoms with Crippen LogP contribution in [0.1, 0.15) is 33.1 Å². The fourth-order valence-electron chi connectivity index (χ4n) is 1.17. The minimum absolute atomic E-state index is 0.0275. The predicted octanol–water partition coefficient (Wildman–Crippen LogP) is 2.63. The van der Waals surface area contributed by atoms with E-state index in [-0.39, 0.29) is 19.4 Å². The van der Waals surface area contributed by atoms with Gasteiger partial charge in [0.1, 0.15) is 0 Å². The summed E-state index contributed by atoms with van der Waals surface area (Å²) in [5, 5.41) is 0. The molecule has 0 aromatic rings. The Hall–Kier alpha value is -0.860. The van der Waals surface area contributed by atoms with E-state index in [1.807, 2.05) is 6.92 Å². The van der Waals surface area contributed by atoms with E-state index >= 15 is 0 Å². The maximum absolute atomic E-state index is 13.8. The molecule has 76 valence electrons. The number of carbonyl (C=O) groups excluding carboxylic acids is 1. The van der Waals surface area contributed by atoms with E-state index in [0.717, 1.165) is 0 Å². The van der Waals surface area contributed by atoms with Crippen LogP contribution in [0.15, 0.2) is 12.7 Å². The topological polar surface area (TPSA) is 26.3 Å². The number of allylic oxidation sites excluding steroid dienone is 1. The zero-order chi connectivity index (χ0) is 10.3. The van der Waals surface area contributed by atoms with Gasteiger partial charge in [-0.05, 0) is 13.3 Å². The number of hydrogen-bond donors (Lipinski definition) is 0. The molecule has 0 bridgehead atoms. The number of carbonyl (C=O) groups is 1. The van der Waals surface area contributed by atoms with Gasteiger partial charge < -0.3 is 4.74 Å². The number of halogens is 1. The van der Waals surface area contributed by atoms with Crippen LogP contribution in [-0.2, 0) is 9.53 Å². The van der Waals surface area contributed by atoms with Crippen LogP contribution in [-0.4, -0.2) is 18.2 Å². The Labute approximate surface area is 78.8 Å². The molecule has 0 radical (unpaired) electrons. The fourth-order valence-corrected chi connectivity index (χ4v) is 1.17. The molecular formula is C10H17FO2. The maximum atomic E-state index is 13.8. The molecule has 0 aromatic carbocycles. The van der Waals surface area contributed by atoms with E-state index in [9.17, 15) is 9.18 Å². The zero-order valence-corrected chi connectivity index (χ0v) is 8.31. The molecule has 0 rings (SSSR count). The SMILES string of the molecule is C=CCC(F)(CCC)C(=O)OCC. The molecule has 0 aromatic heterocycles. The van der Waals surface area contributed by atoms with Gasteiger partial charge in [0.2, 0.25) is 5.67 Å². The second kappa shape index (κ2) is 5.73. The van der Waals surface area contributed by atoms with Gasteiger partial charge in [0, 0.05) is 6.42 Å². The van der Waals surface area contributed by atoms with Crippen molar-refractivity contribution >= 4 is 5.97 Å². The van der Waals surface area contributed by atoms with E-state index in [1.54, 1.807) is 6.92 Å². The summed E-state index contributed by atoms with van der Waals surface area (Å²) in [5.74, 6) is -0.767. The Balaban J connectivity index is 4.36. The number of ether oxygens (including phenoxy) is 1. The average molecular weight is 188 g/mol. The monoisotopic (exact) mass is 188 g/mol. The minimum Gasteiger partial charge on any atom is -0.464 e. The van der Waals surface area contributed by atoms with Crippen molar-refractivity contribution in [2.75, 3.05) is 6.61 Å². The quantitative estimate of drug-likeness (QED) is 0.473. The largest absolute Gasteiger partial charge is 0.464 e. The molecule has 0 fully saturated rings. The Morgan fingerprint density at radius 2 is 2.23 bits per heavy atom. The standard InChI is InChI=1S/C10H17FO2/c1-4-7-10(11,8-5-2)9(12)13-6-3/h4H,1,5-8H2,2-3H3. The Morgan fingerprint density at radius 1 is 1.62 bits per heavy atom. The highest BCUT2D eigenvalue weighted by molar-refractivity contribution is 5.79. The summed E-state index contributed by atoms with van der Waals surface area (Å²) in [4.78, 5) is 11.2. The second-order valence-electron chi connectivity index (χ2n) is 2.93. The van der Waals surface area contributed by atoms with Crippen molar-refractivity contribution in [3.05, 3.63) is 12.7 Å². The summed E-state index contributed by atoms with van der Waals surface area (Å²) in [6.45, 7) is 7.13. The van der Waals surface area contributed by atoms with Crippen LogP contribution in [0.4, 0.5) is 4.39 Å². The van der Waals surface area contributed by atoms with Crippen LogP contribution < -0.4 is 0 Å². The first-order valence-corrected chi connectivity index (χ1v) is 4.57. The smallest absolute Gasteiger partial charge is 0.344 e. The molecule has 0 spiro atoms. The summed E-state index contributed by atoms with van der Waals surface area (Å²) in [6, 6.07) is 0. The van der Waals surface area contributed by atoms with Crippen LogP contribution in [0.2, 0.25) is 0 Å². The van der Waals surface area contributed by atoms with Crippen molar-refractivity contribution < 1.29 is 13.9 Å². The summed E-state index contributed by atoms with van der Waals surface area (Å²) in [5.41, 5.74) is -1.87. The van der Waals surface area contributed by atoms with Gasteiger partial charge in [0.25, 0.3) is 0 Å². The molecule has 13 heavy (non-hydrogen) atoms. The van der Waals surface area contributed by atoms with Crippen molar-refractivity contribution in [1.82, 2.24) is 0 Å². The first-order valence-electron chi connectivity index (χ1n) is 4.57. The van der Waals surface area contributed by atoms with Crippen molar-refractivity contribution in [2.45, 2.75) is 38.8 Å². The molecule has 0 aliphatic heterocycles. The number of rotatable bonds is 6. The molecule has 1 atom stereocenters. The van der Waals surface area contributed by atoms with Gasteiger partial charge >= 0.3 is 5.97 Å². The molecule has 0 heterocycles. The third kappa shape index (κ3) is 3.57. The second-order valence-corrected chi connectivity index (χ2v) is 2.93. The predicted molar refractivity (Wildman–Crippen MR) is 50.2 cm³/mol. The van der Waals surface area contributed by atoms with Crippen molar-refractivity contribution in [1.29, 1.82) is 0 Å². The summed E-state index contributed by atoms with van der Waals surface area (Å²) >= 11 is 0. The van der Waals surface area contributed by atoms with Gasteiger partial charge in [-0.15, -0.1) is 6.58 Å². The molecule has 0 aliphatic carbocycles. The lowest BCUT2D eigenvalue weighted by atomic mass is 9.96. The molecule has 0 N–H and O–H groups in total. The Morgan fingerprint density at radius 3 is 2.62 bits per heavy atom. The Kier molecular flexibility index (Phi) is 5.35. The molecule has 1 unspecified atom stereocenters. The van der Waals surface area contributed by atoms with Crippen molar-refractivity contribution in [3.63, 3.8) is 0 Å². The highest BCUT2D eigenvalue weighted by Gasteiger charge is 2.37. The lowest BCUT2D eigenvalue weighted by molar-refractivity contribution is -0.157. The first kappa shape index (κ1) is 12.1. The lowest BCUT2D eigenvalue weighted by Crippen LogP contribution is -2.35. The Bertz CT molecular complexity index is 180.